The summed E-state index contributed by atoms with van der Waals surface area (Å²) in [4.78, 5) is 24.6. The molecule has 0 aliphatic carbocycles. The molecule has 0 aromatic carbocycles. The van der Waals surface area contributed by atoms with Crippen molar-refractivity contribution < 1.29 is 24.2 Å². The Morgan fingerprint density at radius 2 is 2.38 bits per heavy atom. The van der Waals surface area contributed by atoms with Crippen LogP contribution in [0.4, 0.5) is 0 Å². The molecule has 0 fully saturated rings. The molecule has 0 radical (unpaired) electrons. The van der Waals surface area contributed by atoms with Crippen LogP contribution in [0.1, 0.15) is 5.69 Å². The zero-order valence-corrected chi connectivity index (χ0v) is 9.65. The van der Waals surface area contributed by atoms with E-state index >= 15 is 0 Å². The first-order chi connectivity index (χ1) is 7.56. The summed E-state index contributed by atoms with van der Waals surface area (Å²) in [5.41, 5.74) is 0.169. The van der Waals surface area contributed by atoms with Crippen LogP contribution in [0.5, 0.6) is 0 Å². The summed E-state index contributed by atoms with van der Waals surface area (Å²) < 4.78 is 9.44. The summed E-state index contributed by atoms with van der Waals surface area (Å²) in [6.07, 6.45) is -0.0952. The monoisotopic (exact) mass is 246 g/mol. The maximum Gasteiger partial charge on any atom is 0.528 e. The molecule has 1 unspecified atom stereocenters. The number of hydrogen-bond donors (Lipinski definition) is 1. The highest BCUT2D eigenvalue weighted by Crippen LogP contribution is 2.19. The van der Waals surface area contributed by atoms with E-state index in [2.05, 4.69) is 9.72 Å². The molecule has 0 amide bonds. The summed E-state index contributed by atoms with van der Waals surface area (Å²) >= 11 is 1.33. The maximum atomic E-state index is 11.2. The zero-order valence-electron chi connectivity index (χ0n) is 8.84. The van der Waals surface area contributed by atoms with Crippen LogP contribution in [0.25, 0.3) is 0 Å². The van der Waals surface area contributed by atoms with Gasteiger partial charge in [0, 0.05) is 18.9 Å². The first kappa shape index (κ1) is 12.6. The first-order valence-electron chi connectivity index (χ1n) is 4.33. The lowest BCUT2D eigenvalue weighted by Gasteiger charge is -2.19. The number of carbonyl (C=O) groups is 1. The van der Waals surface area contributed by atoms with Crippen LogP contribution in [0, 0.1) is 0 Å². The minimum atomic E-state index is -1.91. The number of thiazole rings is 1. The second-order valence-electron chi connectivity index (χ2n) is 3.00. The molecule has 88 valence electrons. The van der Waals surface area contributed by atoms with Gasteiger partial charge < -0.3 is 19.4 Å². The SMILES string of the molecule is COC(=[OH+])C(Cc1cscn1)(OC)C(=O)O. The van der Waals surface area contributed by atoms with Gasteiger partial charge in [-0.1, -0.05) is 0 Å². The number of rotatable bonds is 5. The maximum absolute atomic E-state index is 11.2. The van der Waals surface area contributed by atoms with E-state index in [0.717, 1.165) is 0 Å². The molecule has 0 aliphatic heterocycles. The summed E-state index contributed by atoms with van der Waals surface area (Å²) in [7, 11) is 2.36. The lowest BCUT2D eigenvalue weighted by molar-refractivity contribution is -0.156. The number of methoxy groups -OCH3 is 2. The van der Waals surface area contributed by atoms with Crippen molar-refractivity contribution in [3.63, 3.8) is 0 Å². The standard InChI is InChI=1S/C9H11NO5S/c1-14-8(13)9(15-2,7(11)12)3-6-4-16-5-10-6/h4-5H,3H2,1-2H3,(H,11,12)/p+1. The molecule has 2 N–H and O–H groups in total. The van der Waals surface area contributed by atoms with Crippen molar-refractivity contribution >= 4 is 23.3 Å². The van der Waals surface area contributed by atoms with Crippen molar-refractivity contribution in [2.75, 3.05) is 14.2 Å². The quantitative estimate of drug-likeness (QED) is 0.458. The highest BCUT2D eigenvalue weighted by Gasteiger charge is 2.54. The number of aliphatic carboxylic acids is 1. The van der Waals surface area contributed by atoms with Gasteiger partial charge in [0.2, 0.25) is 0 Å². The third kappa shape index (κ3) is 2.20. The Kier molecular flexibility index (Phi) is 3.97. The summed E-state index contributed by atoms with van der Waals surface area (Å²) in [6.45, 7) is 0. The van der Waals surface area contributed by atoms with E-state index in [4.69, 9.17) is 9.84 Å². The van der Waals surface area contributed by atoms with Gasteiger partial charge in [-0.2, -0.15) is 0 Å². The molecule has 1 aromatic rings. The van der Waals surface area contributed by atoms with Gasteiger partial charge in [0.25, 0.3) is 0 Å². The summed E-state index contributed by atoms with van der Waals surface area (Å²) in [5.74, 6) is -2.03. The molecule has 7 heteroatoms. The number of ether oxygens (including phenoxy) is 2. The van der Waals surface area contributed by atoms with E-state index in [1.165, 1.54) is 25.6 Å². The lowest BCUT2D eigenvalue weighted by Crippen LogP contribution is -2.51. The van der Waals surface area contributed by atoms with Gasteiger partial charge in [0.15, 0.2) is 7.11 Å². The van der Waals surface area contributed by atoms with E-state index in [1.54, 1.807) is 10.9 Å². The third-order valence-electron chi connectivity index (χ3n) is 2.15. The van der Waals surface area contributed by atoms with Gasteiger partial charge in [-0.05, 0) is 0 Å². The van der Waals surface area contributed by atoms with Crippen molar-refractivity contribution in [3.8, 4) is 0 Å². The fraction of sp³-hybridized carbons (Fsp3) is 0.444. The first-order valence-corrected chi connectivity index (χ1v) is 5.27. The van der Waals surface area contributed by atoms with Gasteiger partial charge >= 0.3 is 17.5 Å². The predicted octanol–water partition coefficient (Wildman–Crippen LogP) is 0.304. The Bertz CT molecular complexity index is 377. The van der Waals surface area contributed by atoms with Crippen LogP contribution >= 0.6 is 11.3 Å². The Morgan fingerprint density at radius 1 is 1.69 bits per heavy atom. The van der Waals surface area contributed by atoms with E-state index in [9.17, 15) is 9.59 Å². The predicted molar refractivity (Wildman–Crippen MR) is 57.1 cm³/mol. The van der Waals surface area contributed by atoms with Crippen LogP contribution in [0.3, 0.4) is 0 Å². The van der Waals surface area contributed by atoms with Crippen molar-refractivity contribution in [2.45, 2.75) is 12.0 Å². The van der Waals surface area contributed by atoms with Crippen LogP contribution in [0.2, 0.25) is 0 Å². The second-order valence-corrected chi connectivity index (χ2v) is 3.72. The molecule has 1 aromatic heterocycles. The Labute approximate surface area is 95.8 Å². The molecule has 0 aliphatic rings. The minimum Gasteiger partial charge on any atom is -0.478 e. The summed E-state index contributed by atoms with van der Waals surface area (Å²) in [5, 5.41) is 10.8. The van der Waals surface area contributed by atoms with Crippen LogP contribution < -0.4 is 0 Å². The summed E-state index contributed by atoms with van der Waals surface area (Å²) in [6, 6.07) is 0. The molecule has 1 atom stereocenters. The number of esters is 1. The fourth-order valence-corrected chi connectivity index (χ4v) is 1.79. The van der Waals surface area contributed by atoms with Gasteiger partial charge in [-0.25, -0.2) is 9.78 Å². The number of carboxylic acid groups (broad SMARTS) is 1. The highest BCUT2D eigenvalue weighted by atomic mass is 32.1. The van der Waals surface area contributed by atoms with Crippen LogP contribution in [-0.2, 0) is 20.7 Å². The number of carbonyl (C=O) groups excluding carboxylic acids is 1. The molecule has 6 nitrogen and oxygen atoms in total. The van der Waals surface area contributed by atoms with Crippen LogP contribution in [-0.4, -0.2) is 46.6 Å². The number of nitrogens with zero attached hydrogens (tertiary/aromatic N) is 1. The van der Waals surface area contributed by atoms with Crippen molar-refractivity contribution in [2.24, 2.45) is 0 Å². The molecule has 0 spiro atoms. The number of aromatic nitrogens is 1. The smallest absolute Gasteiger partial charge is 0.478 e. The molecule has 1 rings (SSSR count). The highest BCUT2D eigenvalue weighted by molar-refractivity contribution is 7.07. The van der Waals surface area contributed by atoms with E-state index in [1.807, 2.05) is 0 Å². The second kappa shape index (κ2) is 5.04. The Morgan fingerprint density at radius 3 is 2.75 bits per heavy atom. The van der Waals surface area contributed by atoms with Gasteiger partial charge in [-0.15, -0.1) is 11.3 Å². The molecule has 1 heterocycles. The zero-order chi connectivity index (χ0) is 12.2. The molecule has 0 saturated heterocycles. The normalized spacial score (nSPS) is 14.1. The molecule has 16 heavy (non-hydrogen) atoms. The van der Waals surface area contributed by atoms with E-state index in [0.29, 0.717) is 5.69 Å². The van der Waals surface area contributed by atoms with Gasteiger partial charge in [0.05, 0.1) is 11.2 Å². The topological polar surface area (TPSA) is 90.0 Å². The van der Waals surface area contributed by atoms with Crippen LogP contribution in [0.15, 0.2) is 10.9 Å². The van der Waals surface area contributed by atoms with Crippen molar-refractivity contribution in [1.82, 2.24) is 4.98 Å². The Balaban J connectivity index is 3.03. The minimum absolute atomic E-state index is 0.0952. The lowest BCUT2D eigenvalue weighted by atomic mass is 9.98. The average molecular weight is 246 g/mol. The van der Waals surface area contributed by atoms with Gasteiger partial charge in [0.1, 0.15) is 0 Å². The molecular weight excluding hydrogens is 234 g/mol. The largest absolute Gasteiger partial charge is 0.528 e. The number of carboxylic acids is 1. The van der Waals surface area contributed by atoms with Crippen molar-refractivity contribution in [1.29, 1.82) is 0 Å². The molecule has 0 saturated carbocycles. The Hall–Kier alpha value is -1.47. The number of hydrogen-bond acceptors (Lipinski definition) is 5. The molecular formula is C9H12NO5S+. The fourth-order valence-electron chi connectivity index (χ4n) is 1.23. The van der Waals surface area contributed by atoms with E-state index in [-0.39, 0.29) is 6.42 Å². The third-order valence-corrected chi connectivity index (χ3v) is 2.78. The van der Waals surface area contributed by atoms with Crippen molar-refractivity contribution in [3.05, 3.63) is 16.6 Å². The molecule has 0 bridgehead atoms. The average Bonchev–Trinajstić information content (AvgIpc) is 2.77. The van der Waals surface area contributed by atoms with Gasteiger partial charge in [-0.3, -0.25) is 0 Å². The van der Waals surface area contributed by atoms with E-state index < -0.39 is 17.5 Å².